The number of carbonyl (C=O) groups excluding carboxylic acids is 2. The molecule has 0 bridgehead atoms. The van der Waals surface area contributed by atoms with Gasteiger partial charge in [-0.2, -0.15) is 0 Å². The molecule has 1 aliphatic heterocycles. The van der Waals surface area contributed by atoms with Crippen LogP contribution in [-0.4, -0.2) is 37.2 Å². The van der Waals surface area contributed by atoms with Crippen LogP contribution in [0, 0.1) is 5.82 Å². The van der Waals surface area contributed by atoms with Crippen LogP contribution in [0.3, 0.4) is 0 Å². The standard InChI is InChI=1S/C18H22ClFN2O5/c1-11(7-8-21-18(24)16-6-3-12(2)26-27-16)22-17(23)10-25-13-4-5-14(19)15(20)9-13/h4-5,9,12,16H,1,3,6-8,10H2,2H3,(H,21,24)(H,22,23). The average molecular weight is 401 g/mol. The van der Waals surface area contributed by atoms with E-state index < -0.39 is 17.8 Å². The Labute approximate surface area is 161 Å². The van der Waals surface area contributed by atoms with Crippen LogP contribution in [0.15, 0.2) is 30.5 Å². The van der Waals surface area contributed by atoms with Gasteiger partial charge >= 0.3 is 0 Å². The Morgan fingerprint density at radius 3 is 2.81 bits per heavy atom. The molecule has 27 heavy (non-hydrogen) atoms. The van der Waals surface area contributed by atoms with Crippen LogP contribution in [0.4, 0.5) is 4.39 Å². The van der Waals surface area contributed by atoms with E-state index in [-0.39, 0.29) is 35.9 Å². The van der Waals surface area contributed by atoms with Gasteiger partial charge in [0.05, 0.1) is 11.1 Å². The van der Waals surface area contributed by atoms with Gasteiger partial charge in [-0.1, -0.05) is 18.2 Å². The zero-order valence-corrected chi connectivity index (χ0v) is 15.7. The number of halogens is 2. The third kappa shape index (κ3) is 7.16. The predicted molar refractivity (Wildman–Crippen MR) is 96.5 cm³/mol. The van der Waals surface area contributed by atoms with Crippen molar-refractivity contribution >= 4 is 23.4 Å². The van der Waals surface area contributed by atoms with Crippen LogP contribution in [-0.2, 0) is 19.4 Å². The summed E-state index contributed by atoms with van der Waals surface area (Å²) >= 11 is 5.57. The Kier molecular flexibility index (Phi) is 8.02. The van der Waals surface area contributed by atoms with E-state index in [1.165, 1.54) is 12.1 Å². The first kappa shape index (κ1) is 21.1. The van der Waals surface area contributed by atoms with Crippen LogP contribution in [0.2, 0.25) is 5.02 Å². The third-order valence-corrected chi connectivity index (χ3v) is 4.07. The highest BCUT2D eigenvalue weighted by Crippen LogP contribution is 2.20. The van der Waals surface area contributed by atoms with Crippen molar-refractivity contribution in [1.29, 1.82) is 0 Å². The monoisotopic (exact) mass is 400 g/mol. The molecule has 1 aromatic carbocycles. The fourth-order valence-corrected chi connectivity index (χ4v) is 2.40. The lowest BCUT2D eigenvalue weighted by molar-refractivity contribution is -0.361. The fraction of sp³-hybridized carbons (Fsp3) is 0.444. The van der Waals surface area contributed by atoms with Gasteiger partial charge in [0, 0.05) is 24.7 Å². The van der Waals surface area contributed by atoms with Crippen molar-refractivity contribution in [2.75, 3.05) is 13.2 Å². The maximum Gasteiger partial charge on any atom is 0.262 e. The molecule has 1 aliphatic rings. The molecule has 7 nitrogen and oxygen atoms in total. The molecule has 1 fully saturated rings. The Hall–Kier alpha value is -2.16. The van der Waals surface area contributed by atoms with Crippen LogP contribution in [0.1, 0.15) is 26.2 Å². The summed E-state index contributed by atoms with van der Waals surface area (Å²) < 4.78 is 18.5. The van der Waals surface area contributed by atoms with Gasteiger partial charge in [-0.05, 0) is 31.9 Å². The normalized spacial score (nSPS) is 19.2. The van der Waals surface area contributed by atoms with Crippen molar-refractivity contribution in [3.8, 4) is 5.75 Å². The van der Waals surface area contributed by atoms with Gasteiger partial charge in [0.1, 0.15) is 11.6 Å². The summed E-state index contributed by atoms with van der Waals surface area (Å²) in [5.41, 5.74) is 0.417. The summed E-state index contributed by atoms with van der Waals surface area (Å²) in [4.78, 5) is 33.7. The van der Waals surface area contributed by atoms with Gasteiger partial charge in [0.2, 0.25) is 0 Å². The molecule has 0 aromatic heterocycles. The molecule has 1 heterocycles. The second-order valence-electron chi connectivity index (χ2n) is 6.13. The number of amides is 2. The lowest BCUT2D eigenvalue weighted by Gasteiger charge is -2.24. The molecule has 9 heteroatoms. The molecule has 0 spiro atoms. The van der Waals surface area contributed by atoms with E-state index in [1.807, 2.05) is 6.92 Å². The Balaban J connectivity index is 1.62. The smallest absolute Gasteiger partial charge is 0.262 e. The number of rotatable bonds is 8. The third-order valence-electron chi connectivity index (χ3n) is 3.77. The first-order chi connectivity index (χ1) is 12.8. The first-order valence-corrected chi connectivity index (χ1v) is 8.88. The van der Waals surface area contributed by atoms with Crippen molar-refractivity contribution in [1.82, 2.24) is 10.6 Å². The summed E-state index contributed by atoms with van der Waals surface area (Å²) in [7, 11) is 0. The van der Waals surface area contributed by atoms with Gasteiger partial charge in [0.15, 0.2) is 12.7 Å². The zero-order chi connectivity index (χ0) is 19.8. The van der Waals surface area contributed by atoms with Crippen molar-refractivity contribution in [3.05, 3.63) is 41.3 Å². The highest BCUT2D eigenvalue weighted by Gasteiger charge is 2.26. The van der Waals surface area contributed by atoms with Gasteiger partial charge < -0.3 is 15.4 Å². The van der Waals surface area contributed by atoms with E-state index in [1.54, 1.807) is 0 Å². The molecule has 1 aromatic rings. The van der Waals surface area contributed by atoms with Crippen molar-refractivity contribution in [3.63, 3.8) is 0 Å². The molecule has 2 rings (SSSR count). The molecule has 2 unspecified atom stereocenters. The number of hydrogen-bond acceptors (Lipinski definition) is 5. The highest BCUT2D eigenvalue weighted by atomic mass is 35.5. The molecule has 2 N–H and O–H groups in total. The highest BCUT2D eigenvalue weighted by molar-refractivity contribution is 6.30. The Bertz CT molecular complexity index is 692. The van der Waals surface area contributed by atoms with Gasteiger partial charge in [-0.3, -0.25) is 9.59 Å². The second-order valence-corrected chi connectivity index (χ2v) is 6.53. The van der Waals surface area contributed by atoms with Gasteiger partial charge in [0.25, 0.3) is 11.8 Å². The lowest BCUT2D eigenvalue weighted by Crippen LogP contribution is -2.41. The molecule has 0 aliphatic carbocycles. The van der Waals surface area contributed by atoms with Crippen molar-refractivity contribution < 1.29 is 28.5 Å². The summed E-state index contributed by atoms with van der Waals surface area (Å²) in [5.74, 6) is -1.15. The van der Waals surface area contributed by atoms with E-state index in [9.17, 15) is 14.0 Å². The van der Waals surface area contributed by atoms with E-state index >= 15 is 0 Å². The van der Waals surface area contributed by atoms with E-state index in [0.29, 0.717) is 18.5 Å². The number of ether oxygens (including phenoxy) is 1. The van der Waals surface area contributed by atoms with Crippen LogP contribution >= 0.6 is 11.6 Å². The fourth-order valence-electron chi connectivity index (χ4n) is 2.28. The summed E-state index contributed by atoms with van der Waals surface area (Å²) in [6.45, 7) is 5.57. The molecule has 0 radical (unpaired) electrons. The minimum atomic E-state index is -0.628. The molecule has 1 saturated heterocycles. The van der Waals surface area contributed by atoms with Crippen LogP contribution in [0.5, 0.6) is 5.75 Å². The molecule has 2 amide bonds. The van der Waals surface area contributed by atoms with E-state index in [2.05, 4.69) is 17.2 Å². The summed E-state index contributed by atoms with van der Waals surface area (Å²) in [6.07, 6.45) is 1.04. The van der Waals surface area contributed by atoms with Gasteiger partial charge in [-0.15, -0.1) is 0 Å². The second kappa shape index (κ2) is 10.2. The van der Waals surface area contributed by atoms with E-state index in [4.69, 9.17) is 26.1 Å². The minimum Gasteiger partial charge on any atom is -0.484 e. The number of hydrogen-bond donors (Lipinski definition) is 2. The van der Waals surface area contributed by atoms with E-state index in [0.717, 1.165) is 12.5 Å². The molecule has 0 saturated carbocycles. The van der Waals surface area contributed by atoms with Crippen molar-refractivity contribution in [2.24, 2.45) is 0 Å². The van der Waals surface area contributed by atoms with Crippen LogP contribution in [0.25, 0.3) is 0 Å². The minimum absolute atomic E-state index is 0.0179. The maximum absolute atomic E-state index is 13.3. The quantitative estimate of drug-likeness (QED) is 0.655. The first-order valence-electron chi connectivity index (χ1n) is 8.50. The number of benzene rings is 1. The topological polar surface area (TPSA) is 85.9 Å². The maximum atomic E-state index is 13.3. The predicted octanol–water partition coefficient (Wildman–Crippen LogP) is 2.49. The summed E-state index contributed by atoms with van der Waals surface area (Å²) in [5, 5.41) is 5.22. The molecular weight excluding hydrogens is 379 g/mol. The van der Waals surface area contributed by atoms with Gasteiger partial charge in [-0.25, -0.2) is 14.2 Å². The number of carbonyl (C=O) groups is 2. The zero-order valence-electron chi connectivity index (χ0n) is 14.9. The lowest BCUT2D eigenvalue weighted by atomic mass is 10.1. The Morgan fingerprint density at radius 1 is 1.37 bits per heavy atom. The van der Waals surface area contributed by atoms with Crippen molar-refractivity contribution in [2.45, 2.75) is 38.4 Å². The largest absolute Gasteiger partial charge is 0.484 e. The molecule has 148 valence electrons. The molecular formula is C18H22ClFN2O5. The SMILES string of the molecule is C=C(CCNC(=O)C1CCC(C)OO1)NC(=O)COc1ccc(Cl)c(F)c1. The number of nitrogens with one attached hydrogen (secondary N) is 2. The Morgan fingerprint density at radius 2 is 2.15 bits per heavy atom. The van der Waals surface area contributed by atoms with Crippen LogP contribution < -0.4 is 15.4 Å². The summed E-state index contributed by atoms with van der Waals surface area (Å²) in [6, 6.07) is 3.89. The molecule has 2 atom stereocenters. The average Bonchev–Trinajstić information content (AvgIpc) is 2.63.